The molecular weight excluding hydrogens is 452 g/mol. The molecule has 2 heterocycles. The molecular formula is C25H30N4O4S. The molecule has 0 saturated carbocycles. The van der Waals surface area contributed by atoms with Gasteiger partial charge in [-0.2, -0.15) is 4.31 Å². The zero-order chi connectivity index (χ0) is 24.6. The lowest BCUT2D eigenvalue weighted by molar-refractivity contribution is 0.381. The number of rotatable bonds is 5. The maximum Gasteiger partial charge on any atom is 0.332 e. The van der Waals surface area contributed by atoms with Crippen LogP contribution < -0.4 is 16.1 Å². The molecule has 0 radical (unpaired) electrons. The molecule has 1 aliphatic heterocycles. The van der Waals surface area contributed by atoms with Crippen LogP contribution in [0, 0.1) is 20.8 Å². The molecule has 0 spiro atoms. The summed E-state index contributed by atoms with van der Waals surface area (Å²) >= 11 is 0. The molecule has 1 saturated heterocycles. The second kappa shape index (κ2) is 9.23. The van der Waals surface area contributed by atoms with Crippen LogP contribution in [0.3, 0.4) is 0 Å². The summed E-state index contributed by atoms with van der Waals surface area (Å²) in [5.74, 6) is 0.499. The third-order valence-electron chi connectivity index (χ3n) is 6.22. The van der Waals surface area contributed by atoms with E-state index in [1.54, 1.807) is 31.3 Å². The Kier molecular flexibility index (Phi) is 6.51. The Morgan fingerprint density at radius 1 is 0.794 bits per heavy atom. The fourth-order valence-corrected chi connectivity index (χ4v) is 5.89. The standard InChI is InChI=1S/C25H30N4O4S/c1-18-5-7-22(8-6-18)34(32,33)28-11-9-27(10-12-28)23-16-24(30)29(25(31)26(23)4)17-21-14-19(2)13-20(3)15-21/h5-8,13-16H,9-12,17H2,1-4H3. The van der Waals surface area contributed by atoms with Gasteiger partial charge in [0.2, 0.25) is 10.0 Å². The van der Waals surface area contributed by atoms with E-state index in [4.69, 9.17) is 0 Å². The minimum Gasteiger partial charge on any atom is -0.355 e. The number of hydrogen-bond acceptors (Lipinski definition) is 5. The quantitative estimate of drug-likeness (QED) is 0.556. The van der Waals surface area contributed by atoms with Gasteiger partial charge in [0.25, 0.3) is 5.56 Å². The lowest BCUT2D eigenvalue weighted by atomic mass is 10.1. The number of hydrogen-bond donors (Lipinski definition) is 0. The monoisotopic (exact) mass is 482 g/mol. The van der Waals surface area contributed by atoms with Crippen LogP contribution in [0.2, 0.25) is 0 Å². The lowest BCUT2D eigenvalue weighted by Crippen LogP contribution is -2.51. The molecule has 0 amide bonds. The molecule has 0 N–H and O–H groups in total. The summed E-state index contributed by atoms with van der Waals surface area (Å²) in [6, 6.07) is 14.3. The van der Waals surface area contributed by atoms with Gasteiger partial charge in [0, 0.05) is 39.3 Å². The van der Waals surface area contributed by atoms with Crippen molar-refractivity contribution >= 4 is 15.8 Å². The highest BCUT2D eigenvalue weighted by Gasteiger charge is 2.29. The van der Waals surface area contributed by atoms with Crippen molar-refractivity contribution in [2.24, 2.45) is 7.05 Å². The molecule has 2 aromatic carbocycles. The van der Waals surface area contributed by atoms with Gasteiger partial charge in [-0.25, -0.2) is 13.2 Å². The molecule has 34 heavy (non-hydrogen) atoms. The molecule has 0 atom stereocenters. The minimum atomic E-state index is -3.59. The molecule has 180 valence electrons. The van der Waals surface area contributed by atoms with Crippen molar-refractivity contribution in [3.05, 3.63) is 91.6 Å². The van der Waals surface area contributed by atoms with E-state index >= 15 is 0 Å². The van der Waals surface area contributed by atoms with E-state index in [1.165, 1.54) is 19.5 Å². The zero-order valence-electron chi connectivity index (χ0n) is 20.0. The Morgan fingerprint density at radius 3 is 1.97 bits per heavy atom. The van der Waals surface area contributed by atoms with Gasteiger partial charge >= 0.3 is 5.69 Å². The van der Waals surface area contributed by atoms with Gasteiger partial charge in [-0.1, -0.05) is 47.0 Å². The summed E-state index contributed by atoms with van der Waals surface area (Å²) in [4.78, 5) is 28.1. The Bertz CT molecular complexity index is 1410. The van der Waals surface area contributed by atoms with Gasteiger partial charge in [-0.3, -0.25) is 13.9 Å². The third kappa shape index (κ3) is 4.71. The molecule has 4 rings (SSSR count). The van der Waals surface area contributed by atoms with Crippen LogP contribution in [-0.4, -0.2) is 48.0 Å². The van der Waals surface area contributed by atoms with Gasteiger partial charge in [-0.15, -0.1) is 0 Å². The van der Waals surface area contributed by atoms with Crippen LogP contribution >= 0.6 is 0 Å². The fourth-order valence-electron chi connectivity index (χ4n) is 4.47. The smallest absolute Gasteiger partial charge is 0.332 e. The maximum absolute atomic E-state index is 13.1. The van der Waals surface area contributed by atoms with E-state index in [0.29, 0.717) is 18.9 Å². The topological polar surface area (TPSA) is 84.6 Å². The van der Waals surface area contributed by atoms with Gasteiger partial charge in [0.1, 0.15) is 5.82 Å². The number of aryl methyl sites for hydroxylation is 3. The molecule has 1 aliphatic rings. The van der Waals surface area contributed by atoms with Crippen molar-refractivity contribution in [1.82, 2.24) is 13.4 Å². The summed E-state index contributed by atoms with van der Waals surface area (Å²) in [5, 5.41) is 0. The first-order chi connectivity index (χ1) is 16.1. The van der Waals surface area contributed by atoms with Crippen LogP contribution in [-0.2, 0) is 23.6 Å². The van der Waals surface area contributed by atoms with Gasteiger partial charge < -0.3 is 4.90 Å². The van der Waals surface area contributed by atoms with Crippen molar-refractivity contribution < 1.29 is 8.42 Å². The normalized spacial score (nSPS) is 15.0. The molecule has 1 fully saturated rings. The van der Waals surface area contributed by atoms with Crippen LogP contribution in [0.25, 0.3) is 0 Å². The zero-order valence-corrected chi connectivity index (χ0v) is 20.8. The second-order valence-electron chi connectivity index (χ2n) is 8.97. The average molecular weight is 483 g/mol. The summed E-state index contributed by atoms with van der Waals surface area (Å²) in [7, 11) is -1.94. The molecule has 0 bridgehead atoms. The highest BCUT2D eigenvalue weighted by atomic mass is 32.2. The molecule has 8 nitrogen and oxygen atoms in total. The lowest BCUT2D eigenvalue weighted by Gasteiger charge is -2.35. The third-order valence-corrected chi connectivity index (χ3v) is 8.14. The van der Waals surface area contributed by atoms with Gasteiger partial charge in [-0.05, 0) is 38.5 Å². The van der Waals surface area contributed by atoms with Crippen molar-refractivity contribution in [3.63, 3.8) is 0 Å². The molecule has 1 aromatic heterocycles. The Labute approximate surface area is 199 Å². The Hall–Kier alpha value is -3.17. The summed E-state index contributed by atoms with van der Waals surface area (Å²) in [5.41, 5.74) is 3.30. The van der Waals surface area contributed by atoms with E-state index in [-0.39, 0.29) is 30.1 Å². The maximum atomic E-state index is 13.1. The molecule has 9 heteroatoms. The molecule has 0 aliphatic carbocycles. The second-order valence-corrected chi connectivity index (χ2v) is 10.9. The SMILES string of the molecule is Cc1ccc(S(=O)(=O)N2CCN(c3cc(=O)n(Cc4cc(C)cc(C)c4)c(=O)n3C)CC2)cc1. The first kappa shape index (κ1) is 24.0. The summed E-state index contributed by atoms with van der Waals surface area (Å²) < 4.78 is 30.1. The first-order valence-electron chi connectivity index (χ1n) is 11.3. The Morgan fingerprint density at radius 2 is 1.38 bits per heavy atom. The predicted molar refractivity (Wildman–Crippen MR) is 133 cm³/mol. The largest absolute Gasteiger partial charge is 0.355 e. The number of anilines is 1. The fraction of sp³-hybridized carbons (Fsp3) is 0.360. The van der Waals surface area contributed by atoms with Crippen molar-refractivity contribution in [3.8, 4) is 0 Å². The van der Waals surface area contributed by atoms with E-state index in [9.17, 15) is 18.0 Å². The summed E-state index contributed by atoms with van der Waals surface area (Å²) in [6.07, 6.45) is 0. The van der Waals surface area contributed by atoms with Crippen molar-refractivity contribution in [1.29, 1.82) is 0 Å². The Balaban J connectivity index is 1.54. The van der Waals surface area contributed by atoms with Crippen molar-refractivity contribution in [2.75, 3.05) is 31.1 Å². The predicted octanol–water partition coefficient (Wildman–Crippen LogP) is 2.03. The van der Waals surface area contributed by atoms with Gasteiger partial charge in [0.05, 0.1) is 11.4 Å². The van der Waals surface area contributed by atoms with Crippen LogP contribution in [0.15, 0.2) is 63.0 Å². The number of benzene rings is 2. The number of sulfonamides is 1. The average Bonchev–Trinajstić information content (AvgIpc) is 2.79. The summed E-state index contributed by atoms with van der Waals surface area (Å²) in [6.45, 7) is 7.41. The highest BCUT2D eigenvalue weighted by Crippen LogP contribution is 2.20. The van der Waals surface area contributed by atoms with E-state index in [2.05, 4.69) is 0 Å². The van der Waals surface area contributed by atoms with E-state index in [1.807, 2.05) is 43.9 Å². The van der Waals surface area contributed by atoms with E-state index < -0.39 is 15.7 Å². The molecule has 0 unspecified atom stereocenters. The minimum absolute atomic E-state index is 0.205. The van der Waals surface area contributed by atoms with Crippen LogP contribution in [0.5, 0.6) is 0 Å². The number of piperazine rings is 1. The van der Waals surface area contributed by atoms with Crippen LogP contribution in [0.4, 0.5) is 5.82 Å². The van der Waals surface area contributed by atoms with Crippen molar-refractivity contribution in [2.45, 2.75) is 32.2 Å². The number of aromatic nitrogens is 2. The van der Waals surface area contributed by atoms with E-state index in [0.717, 1.165) is 22.3 Å². The van der Waals surface area contributed by atoms with Crippen LogP contribution in [0.1, 0.15) is 22.3 Å². The molecule has 3 aromatic rings. The number of nitrogens with zero attached hydrogens (tertiary/aromatic N) is 4. The van der Waals surface area contributed by atoms with Gasteiger partial charge in [0.15, 0.2) is 0 Å². The first-order valence-corrected chi connectivity index (χ1v) is 12.7. The highest BCUT2D eigenvalue weighted by molar-refractivity contribution is 7.89.